The monoisotopic (exact) mass is 1750 g/mol. The topological polar surface area (TPSA) is 437 Å². The van der Waals surface area contributed by atoms with Crippen LogP contribution in [-0.4, -0.2) is 238 Å². The number of amides is 5. The lowest BCUT2D eigenvalue weighted by Gasteiger charge is -2.34. The van der Waals surface area contributed by atoms with Gasteiger partial charge in [-0.05, 0) is 283 Å². The molecule has 12 N–H and O–H groups in total. The van der Waals surface area contributed by atoms with E-state index in [2.05, 4.69) is 155 Å². The molecule has 5 amide bonds. The highest BCUT2D eigenvalue weighted by atomic mass is 35.5. The lowest BCUT2D eigenvalue weighted by molar-refractivity contribution is 0.0488. The molecular formula is C91H127ClN26O8. The van der Waals surface area contributed by atoms with Crippen molar-refractivity contribution < 1.29 is 38.2 Å². The van der Waals surface area contributed by atoms with E-state index in [1.165, 1.54) is 48.6 Å². The molecule has 11 heterocycles. The Kier molecular flexibility index (Phi) is 33.2. The van der Waals surface area contributed by atoms with Gasteiger partial charge in [-0.15, -0.1) is 0 Å². The second-order valence-electron chi connectivity index (χ2n) is 36.7. The summed E-state index contributed by atoms with van der Waals surface area (Å²) in [5, 5.41) is 37.1. The molecule has 0 saturated carbocycles. The molecule has 7 aliphatic rings. The molecule has 4 aromatic heterocycles. The number of anilines is 10. The minimum atomic E-state index is -0.646. The Hall–Kier alpha value is -11.6. The molecule has 7 aliphatic heterocycles. The van der Waals surface area contributed by atoms with Gasteiger partial charge in [0.2, 0.25) is 0 Å². The molecular weight excluding hydrogens is 1620 g/mol. The van der Waals surface area contributed by atoms with Gasteiger partial charge in [-0.2, -0.15) is 10.5 Å². The number of nitrogens with zero attached hydrogens (tertiary/aromatic N) is 17. The predicted octanol–water partition coefficient (Wildman–Crippen LogP) is 12.6. The smallest absolute Gasteiger partial charge is 0.407 e. The Morgan fingerprint density at radius 2 is 0.683 bits per heavy atom. The second-order valence-corrected chi connectivity index (χ2v) is 37.1. The van der Waals surface area contributed by atoms with E-state index in [0.717, 1.165) is 153 Å². The van der Waals surface area contributed by atoms with Crippen LogP contribution in [0.15, 0.2) is 97.6 Å². The van der Waals surface area contributed by atoms with Gasteiger partial charge < -0.3 is 97.6 Å². The van der Waals surface area contributed by atoms with E-state index in [9.17, 15) is 29.2 Å². The quantitative estimate of drug-likeness (QED) is 0.0360. The van der Waals surface area contributed by atoms with Gasteiger partial charge in [0, 0.05) is 93.6 Å². The van der Waals surface area contributed by atoms with Crippen molar-refractivity contribution in [3.05, 3.63) is 142 Å². The van der Waals surface area contributed by atoms with Gasteiger partial charge in [0.1, 0.15) is 52.2 Å². The standard InChI is InChI=1S/C27H39N7O3.C27H37N7O2.C22H31N7O.C15H20ClN5O2/c1-27(2,3)37-26(36)31-21-6-5-13-34(17-21)22-16-29-23(24(28)35)25(32-22)30-20-9-7-18(8-10-20)19-11-14-33(4)15-12-19;1-27(2,3)36-26(35)31-22-6-5-13-34(18-22)24-17-29-23(16-28)25(32-24)30-21-9-7-19(8-10-21)20-11-14-33(4)15-12-20;1-28-11-8-16(9-12-28)15-4-6-18(7-5-15)26-22-20(21(24)30)25-13-19(27-22)29-10-2-3-17(23)14-29;1-15(2,3)23-14(22)19-10-5-4-6-21(9-10)12-8-18-11(7-17)13(16)20-12/h7-10,16,19,21H,5-6,11-15,17H2,1-4H3,(H2,28,35)(H,30,32)(H,31,36);7-10,17,20,22H,5-6,11-15,18H2,1-4H3,(H,30,32)(H,31,35);4-7,13,16-17H,2-3,8-12,14,23H2,1H3,(H2,24,30)(H,26,27);8,10H,4-6,9H2,1-3H3,(H,19,22)/t21-;22-;17-;10-/m1111/s1. The van der Waals surface area contributed by atoms with E-state index in [1.807, 2.05) is 110 Å². The first-order valence-electron chi connectivity index (χ1n) is 44.0. The molecule has 3 aromatic carbocycles. The zero-order valence-electron chi connectivity index (χ0n) is 75.1. The van der Waals surface area contributed by atoms with Gasteiger partial charge in [-0.25, -0.2) is 54.3 Å². The van der Waals surface area contributed by atoms with Crippen LogP contribution in [0, 0.1) is 22.7 Å². The van der Waals surface area contributed by atoms with E-state index in [1.54, 1.807) is 18.6 Å². The highest BCUT2D eigenvalue weighted by molar-refractivity contribution is 6.30. The normalized spacial score (nSPS) is 19.5. The van der Waals surface area contributed by atoms with Gasteiger partial charge in [0.15, 0.2) is 45.4 Å². The highest BCUT2D eigenvalue weighted by Crippen LogP contribution is 2.35. The Morgan fingerprint density at radius 3 is 0.984 bits per heavy atom. The average molecular weight is 1750 g/mol. The van der Waals surface area contributed by atoms with E-state index < -0.39 is 46.9 Å². The molecule has 7 aromatic rings. The third-order valence-electron chi connectivity index (χ3n) is 22.9. The number of rotatable bonds is 18. The van der Waals surface area contributed by atoms with Crippen LogP contribution < -0.4 is 68.7 Å². The van der Waals surface area contributed by atoms with Crippen molar-refractivity contribution in [2.75, 3.05) is 148 Å². The Labute approximate surface area is 745 Å². The number of carbonyl (C=O) groups excluding carboxylic acids is 5. The molecule has 0 spiro atoms. The maximum absolute atomic E-state index is 12.2. The highest BCUT2D eigenvalue weighted by Gasteiger charge is 2.32. The molecule has 676 valence electrons. The number of benzene rings is 3. The van der Waals surface area contributed by atoms with Crippen LogP contribution in [-0.2, 0) is 14.2 Å². The molecule has 126 heavy (non-hydrogen) atoms. The lowest BCUT2D eigenvalue weighted by atomic mass is 9.89. The van der Waals surface area contributed by atoms with Crippen molar-refractivity contribution in [3.63, 3.8) is 0 Å². The fourth-order valence-electron chi connectivity index (χ4n) is 16.4. The SMILES string of the molecule is CC(C)(C)OC(=O)N[C@@H]1CCCN(c2cnc(C#N)c(Cl)n2)C1.CN1CCC(c2ccc(Nc3nc(N4CCC[C@@H](N)C4)cnc3C(N)=O)cc2)CC1.CN1CCC(c2ccc(Nc3nc(N4CCC[C@@H](NC(=O)OC(C)(C)C)C4)cnc3C#N)cc2)CC1.CN1CCC(c2ccc(Nc3nc(N4CCC[C@@H](NC(=O)OC(C)(C)C)C4)cnc3C(N)=O)cc2)CC1. The number of alkyl carbamates (subject to hydrolysis) is 3. The fraction of sp³-hybridized carbons (Fsp3) is 0.549. The van der Waals surface area contributed by atoms with Crippen LogP contribution in [0.1, 0.15) is 219 Å². The van der Waals surface area contributed by atoms with Crippen LogP contribution >= 0.6 is 11.6 Å². The number of nitrogens with two attached hydrogens (primary N) is 3. The summed E-state index contributed by atoms with van der Waals surface area (Å²) in [5.41, 5.74) is 22.8. The summed E-state index contributed by atoms with van der Waals surface area (Å²) < 4.78 is 16.1. The first-order chi connectivity index (χ1) is 60.0. The molecule has 34 nitrogen and oxygen atoms in total. The number of likely N-dealkylation sites (tertiary alicyclic amines) is 3. The number of nitrogens with one attached hydrogen (secondary N) is 6. The number of nitriles is 2. The zero-order valence-corrected chi connectivity index (χ0v) is 75.8. The van der Waals surface area contributed by atoms with Crippen molar-refractivity contribution in [1.29, 1.82) is 10.5 Å². The third kappa shape index (κ3) is 29.0. The van der Waals surface area contributed by atoms with Crippen molar-refractivity contribution in [2.45, 2.75) is 211 Å². The van der Waals surface area contributed by atoms with Gasteiger partial charge >= 0.3 is 18.3 Å². The van der Waals surface area contributed by atoms with Crippen LogP contribution in [0.3, 0.4) is 0 Å². The van der Waals surface area contributed by atoms with E-state index in [-0.39, 0.29) is 52.1 Å². The van der Waals surface area contributed by atoms with Crippen molar-refractivity contribution in [3.8, 4) is 12.1 Å². The zero-order chi connectivity index (χ0) is 90.4. The van der Waals surface area contributed by atoms with Crippen LogP contribution in [0.4, 0.5) is 72.2 Å². The van der Waals surface area contributed by atoms with Crippen molar-refractivity contribution in [1.82, 2.24) is 70.5 Å². The first kappa shape index (κ1) is 95.1. The van der Waals surface area contributed by atoms with E-state index >= 15 is 0 Å². The number of aromatic nitrogens is 8. The number of ether oxygens (including phenoxy) is 3. The molecule has 35 heteroatoms. The number of hydrogen-bond acceptors (Lipinski definition) is 29. The van der Waals surface area contributed by atoms with Crippen molar-refractivity contribution in [2.24, 2.45) is 17.2 Å². The average Bonchev–Trinajstić information content (AvgIpc) is 0.816. The van der Waals surface area contributed by atoms with Crippen LogP contribution in [0.2, 0.25) is 5.15 Å². The molecule has 7 fully saturated rings. The van der Waals surface area contributed by atoms with Gasteiger partial charge in [-0.3, -0.25) is 9.59 Å². The van der Waals surface area contributed by atoms with Crippen molar-refractivity contribution >= 4 is 99.5 Å². The van der Waals surface area contributed by atoms with Gasteiger partial charge in [-0.1, -0.05) is 48.0 Å². The summed E-state index contributed by atoms with van der Waals surface area (Å²) in [7, 11) is 6.51. The minimum Gasteiger partial charge on any atom is -0.444 e. The first-order valence-corrected chi connectivity index (χ1v) is 44.4. The second kappa shape index (κ2) is 44.0. The summed E-state index contributed by atoms with van der Waals surface area (Å²) in [6, 6.07) is 29.1. The number of halogens is 1. The molecule has 0 aliphatic carbocycles. The summed E-state index contributed by atoms with van der Waals surface area (Å²) in [5.74, 6) is 4.25. The Bertz CT molecular complexity index is 4880. The third-order valence-corrected chi connectivity index (χ3v) is 23.2. The van der Waals surface area contributed by atoms with Crippen LogP contribution in [0.25, 0.3) is 0 Å². The number of hydrogen-bond donors (Lipinski definition) is 9. The summed E-state index contributed by atoms with van der Waals surface area (Å²) in [6.07, 6.45) is 19.4. The molecule has 0 unspecified atom stereocenters. The molecule has 0 bridgehead atoms. The summed E-state index contributed by atoms with van der Waals surface area (Å²) >= 11 is 5.93. The molecule has 4 atom stereocenters. The van der Waals surface area contributed by atoms with Gasteiger partial charge in [0.05, 0.1) is 24.8 Å². The largest absolute Gasteiger partial charge is 0.444 e. The summed E-state index contributed by atoms with van der Waals surface area (Å²) in [4.78, 5) is 111. The predicted molar refractivity (Wildman–Crippen MR) is 490 cm³/mol. The van der Waals surface area contributed by atoms with E-state index in [0.29, 0.717) is 78.1 Å². The Morgan fingerprint density at radius 1 is 0.397 bits per heavy atom. The lowest BCUT2D eigenvalue weighted by Crippen LogP contribution is -2.49. The minimum absolute atomic E-state index is 0.0326. The Balaban J connectivity index is 0.000000165. The maximum atomic E-state index is 12.2. The van der Waals surface area contributed by atoms with Crippen LogP contribution in [0.5, 0.6) is 0 Å². The summed E-state index contributed by atoms with van der Waals surface area (Å²) in [6.45, 7) is 29.0. The molecule has 0 radical (unpaired) electrons. The van der Waals surface area contributed by atoms with Gasteiger partial charge in [0.25, 0.3) is 11.8 Å². The fourth-order valence-corrected chi connectivity index (χ4v) is 16.6. The molecule has 7 saturated heterocycles. The maximum Gasteiger partial charge on any atom is 0.407 e. The number of primary amides is 2. The molecule has 14 rings (SSSR count). The number of piperidine rings is 7. The number of carbonyl (C=O) groups is 5. The van der Waals surface area contributed by atoms with E-state index in [4.69, 9.17) is 58.2 Å².